The van der Waals surface area contributed by atoms with Crippen molar-refractivity contribution in [3.05, 3.63) is 53.6 Å². The number of nitrogens with one attached hydrogen (secondary N) is 1. The standard InChI is InChI=1S/C18H22N2O6S2/c1-18(2,3)13-7-5-12(6-8-13)17(21)20-28(24,25)15-10-9-14(26-4)11-16(15)27(19,22)23/h5-11H,1-4H3,(H,20,21)(H2,19,22,23). The Bertz CT molecular complexity index is 1100. The quantitative estimate of drug-likeness (QED) is 0.748. The number of primary sulfonamides is 1. The first kappa shape index (κ1) is 21.9. The largest absolute Gasteiger partial charge is 0.497 e. The Morgan fingerprint density at radius 3 is 2.00 bits per heavy atom. The molecule has 0 saturated heterocycles. The van der Waals surface area contributed by atoms with Gasteiger partial charge in [0.15, 0.2) is 0 Å². The third-order valence-electron chi connectivity index (χ3n) is 3.99. The normalized spacial score (nSPS) is 12.5. The fourth-order valence-electron chi connectivity index (χ4n) is 2.42. The van der Waals surface area contributed by atoms with Gasteiger partial charge in [-0.3, -0.25) is 4.79 Å². The lowest BCUT2D eigenvalue weighted by Crippen LogP contribution is -2.32. The summed E-state index contributed by atoms with van der Waals surface area (Å²) in [6.45, 7) is 6.01. The van der Waals surface area contributed by atoms with E-state index in [9.17, 15) is 21.6 Å². The van der Waals surface area contributed by atoms with Gasteiger partial charge in [0, 0.05) is 11.6 Å². The van der Waals surface area contributed by atoms with E-state index in [2.05, 4.69) is 0 Å². The second-order valence-electron chi connectivity index (χ2n) is 7.12. The van der Waals surface area contributed by atoms with Crippen molar-refractivity contribution in [1.29, 1.82) is 0 Å². The minimum absolute atomic E-state index is 0.104. The number of carbonyl (C=O) groups is 1. The number of hydrogen-bond acceptors (Lipinski definition) is 6. The number of hydrogen-bond donors (Lipinski definition) is 2. The molecule has 0 atom stereocenters. The molecule has 0 unspecified atom stereocenters. The van der Waals surface area contributed by atoms with E-state index in [0.29, 0.717) is 0 Å². The first-order chi connectivity index (χ1) is 12.8. The van der Waals surface area contributed by atoms with Crippen molar-refractivity contribution in [3.8, 4) is 5.75 Å². The maximum absolute atomic E-state index is 12.6. The molecule has 0 radical (unpaired) electrons. The SMILES string of the molecule is COc1ccc(S(=O)(=O)NC(=O)c2ccc(C(C)(C)C)cc2)c(S(N)(=O)=O)c1. The number of sulfonamides is 2. The van der Waals surface area contributed by atoms with Crippen LogP contribution in [0.1, 0.15) is 36.7 Å². The Balaban J connectivity index is 2.40. The second kappa shape index (κ2) is 7.53. The van der Waals surface area contributed by atoms with Gasteiger partial charge in [0.2, 0.25) is 10.0 Å². The van der Waals surface area contributed by atoms with E-state index in [4.69, 9.17) is 9.88 Å². The zero-order valence-corrected chi connectivity index (χ0v) is 17.5. The van der Waals surface area contributed by atoms with Crippen LogP contribution in [0.3, 0.4) is 0 Å². The lowest BCUT2D eigenvalue weighted by Gasteiger charge is -2.19. The van der Waals surface area contributed by atoms with Gasteiger partial charge < -0.3 is 4.74 Å². The average Bonchev–Trinajstić information content (AvgIpc) is 2.59. The van der Waals surface area contributed by atoms with Gasteiger partial charge in [-0.05, 0) is 35.2 Å². The third-order valence-corrected chi connectivity index (χ3v) is 6.46. The van der Waals surface area contributed by atoms with Crippen LogP contribution < -0.4 is 14.6 Å². The molecular weight excluding hydrogens is 404 g/mol. The molecule has 0 saturated carbocycles. The van der Waals surface area contributed by atoms with Crippen LogP contribution >= 0.6 is 0 Å². The van der Waals surface area contributed by atoms with E-state index < -0.39 is 35.7 Å². The molecule has 2 aromatic rings. The van der Waals surface area contributed by atoms with Gasteiger partial charge in [-0.2, -0.15) is 0 Å². The molecule has 0 aromatic heterocycles. The number of nitrogens with two attached hydrogens (primary N) is 1. The molecule has 3 N–H and O–H groups in total. The van der Waals surface area contributed by atoms with E-state index in [0.717, 1.165) is 17.7 Å². The number of rotatable bonds is 5. The first-order valence-electron chi connectivity index (χ1n) is 8.14. The highest BCUT2D eigenvalue weighted by molar-refractivity contribution is 7.92. The molecule has 0 aliphatic carbocycles. The molecule has 0 heterocycles. The summed E-state index contributed by atoms with van der Waals surface area (Å²) < 4.78 is 55.6. The van der Waals surface area contributed by atoms with Crippen LogP contribution in [0.5, 0.6) is 5.75 Å². The Hall–Kier alpha value is -2.43. The molecule has 152 valence electrons. The predicted octanol–water partition coefficient (Wildman–Crippen LogP) is 1.76. The van der Waals surface area contributed by atoms with E-state index >= 15 is 0 Å². The minimum Gasteiger partial charge on any atom is -0.497 e. The van der Waals surface area contributed by atoms with Crippen molar-refractivity contribution < 1.29 is 26.4 Å². The molecule has 0 spiro atoms. The van der Waals surface area contributed by atoms with Crippen molar-refractivity contribution >= 4 is 26.0 Å². The summed E-state index contributed by atoms with van der Waals surface area (Å²) in [4.78, 5) is 11.1. The number of methoxy groups -OCH3 is 1. The number of ether oxygens (including phenoxy) is 1. The average molecular weight is 427 g/mol. The lowest BCUT2D eigenvalue weighted by atomic mass is 9.87. The highest BCUT2D eigenvalue weighted by Crippen LogP contribution is 2.26. The van der Waals surface area contributed by atoms with Crippen LogP contribution in [0, 0.1) is 0 Å². The topological polar surface area (TPSA) is 133 Å². The van der Waals surface area contributed by atoms with E-state index in [1.54, 1.807) is 12.1 Å². The van der Waals surface area contributed by atoms with Gasteiger partial charge in [-0.25, -0.2) is 26.7 Å². The summed E-state index contributed by atoms with van der Waals surface area (Å²) in [6.07, 6.45) is 0. The third kappa shape index (κ3) is 4.89. The monoisotopic (exact) mass is 426 g/mol. The summed E-state index contributed by atoms with van der Waals surface area (Å²) >= 11 is 0. The van der Waals surface area contributed by atoms with Crippen LogP contribution in [-0.4, -0.2) is 29.9 Å². The molecule has 0 aliphatic heterocycles. The molecule has 1 amide bonds. The van der Waals surface area contributed by atoms with E-state index in [-0.39, 0.29) is 16.7 Å². The van der Waals surface area contributed by atoms with Crippen LogP contribution in [0.4, 0.5) is 0 Å². The van der Waals surface area contributed by atoms with Gasteiger partial charge in [0.05, 0.1) is 7.11 Å². The smallest absolute Gasteiger partial charge is 0.265 e. The summed E-state index contributed by atoms with van der Waals surface area (Å²) in [6, 6.07) is 9.70. The van der Waals surface area contributed by atoms with E-state index in [1.807, 2.05) is 25.5 Å². The van der Waals surface area contributed by atoms with Crippen LogP contribution in [0.25, 0.3) is 0 Å². The van der Waals surface area contributed by atoms with Crippen molar-refractivity contribution in [1.82, 2.24) is 4.72 Å². The Kier molecular flexibility index (Phi) is 5.88. The number of benzene rings is 2. The van der Waals surface area contributed by atoms with Gasteiger partial charge in [0.1, 0.15) is 15.5 Å². The van der Waals surface area contributed by atoms with Crippen LogP contribution in [0.2, 0.25) is 0 Å². The van der Waals surface area contributed by atoms with Gasteiger partial charge in [0.25, 0.3) is 15.9 Å². The molecule has 0 bridgehead atoms. The lowest BCUT2D eigenvalue weighted by molar-refractivity contribution is 0.0981. The highest BCUT2D eigenvalue weighted by atomic mass is 32.2. The van der Waals surface area contributed by atoms with Crippen LogP contribution in [-0.2, 0) is 25.5 Å². The summed E-state index contributed by atoms with van der Waals surface area (Å²) in [5.41, 5.74) is 0.954. The van der Waals surface area contributed by atoms with Gasteiger partial charge in [-0.15, -0.1) is 0 Å². The Morgan fingerprint density at radius 2 is 1.54 bits per heavy atom. The minimum atomic E-state index is -4.50. The molecule has 2 rings (SSSR count). The fourth-order valence-corrected chi connectivity index (χ4v) is 4.77. The molecular formula is C18H22N2O6S2. The Morgan fingerprint density at radius 1 is 0.964 bits per heavy atom. The molecule has 28 heavy (non-hydrogen) atoms. The van der Waals surface area contributed by atoms with Crippen molar-refractivity contribution in [2.45, 2.75) is 36.0 Å². The maximum Gasteiger partial charge on any atom is 0.265 e. The van der Waals surface area contributed by atoms with Crippen molar-refractivity contribution in [3.63, 3.8) is 0 Å². The molecule has 10 heteroatoms. The fraction of sp³-hybridized carbons (Fsp3) is 0.278. The second-order valence-corrected chi connectivity index (χ2v) is 10.3. The van der Waals surface area contributed by atoms with Crippen molar-refractivity contribution in [2.75, 3.05) is 7.11 Å². The van der Waals surface area contributed by atoms with Gasteiger partial charge in [-0.1, -0.05) is 32.9 Å². The predicted molar refractivity (Wildman–Crippen MR) is 104 cm³/mol. The molecule has 2 aromatic carbocycles. The summed E-state index contributed by atoms with van der Waals surface area (Å²) in [5.74, 6) is -0.788. The zero-order chi connectivity index (χ0) is 21.3. The number of carbonyl (C=O) groups excluding carboxylic acids is 1. The highest BCUT2D eigenvalue weighted by Gasteiger charge is 2.27. The molecule has 0 aliphatic rings. The van der Waals surface area contributed by atoms with E-state index in [1.165, 1.54) is 25.3 Å². The molecule has 0 fully saturated rings. The van der Waals surface area contributed by atoms with Gasteiger partial charge >= 0.3 is 0 Å². The first-order valence-corrected chi connectivity index (χ1v) is 11.2. The maximum atomic E-state index is 12.6. The molecule has 8 nitrogen and oxygen atoms in total. The zero-order valence-electron chi connectivity index (χ0n) is 15.9. The Labute approximate surface area is 164 Å². The summed E-state index contributed by atoms with van der Waals surface area (Å²) in [7, 11) is -7.59. The van der Waals surface area contributed by atoms with Crippen molar-refractivity contribution in [2.24, 2.45) is 5.14 Å². The summed E-state index contributed by atoms with van der Waals surface area (Å²) in [5, 5.41) is 5.12. The van der Waals surface area contributed by atoms with Crippen LogP contribution in [0.15, 0.2) is 52.3 Å². The number of amides is 1.